The first-order valence-corrected chi connectivity index (χ1v) is 55.7. The molecule has 9 atom stereocenters. The molecule has 23 heteroatoms. The van der Waals surface area contributed by atoms with Crippen LogP contribution in [0.1, 0.15) is 421 Å². The Kier molecular flexibility index (Phi) is 57.3. The highest BCUT2D eigenvalue weighted by molar-refractivity contribution is 7.12. The molecular formula is C119H180F12O6S5. The molecule has 0 bridgehead atoms. The molecule has 6 nitrogen and oxygen atoms in total. The van der Waals surface area contributed by atoms with Crippen molar-refractivity contribution in [2.24, 2.45) is 88.3 Å². The molecule has 1 saturated carbocycles. The molecule has 0 spiro atoms. The summed E-state index contributed by atoms with van der Waals surface area (Å²) >= 11 is 8.18. The van der Waals surface area contributed by atoms with Crippen LogP contribution in [0.15, 0.2) is 177 Å². The Balaban J connectivity index is 0.000000528. The highest BCUT2D eigenvalue weighted by Gasteiger charge is 2.48. The zero-order chi connectivity index (χ0) is 109. The van der Waals surface area contributed by atoms with Crippen LogP contribution in [0.4, 0.5) is 52.7 Å². The smallest absolute Gasteiger partial charge is 0.399 e. The van der Waals surface area contributed by atoms with Crippen molar-refractivity contribution in [2.45, 2.75) is 399 Å². The van der Waals surface area contributed by atoms with E-state index in [0.29, 0.717) is 68.8 Å². The molecule has 11 aromatic heterocycles. The van der Waals surface area contributed by atoms with Crippen LogP contribution in [0.25, 0.3) is 0 Å². The molecule has 11 heterocycles. The number of rotatable bonds is 28. The Labute approximate surface area is 869 Å². The maximum atomic E-state index is 12.7. The maximum Gasteiger partial charge on any atom is 0.399 e. The number of thiophene rings is 5. The Morgan fingerprint density at radius 2 is 0.570 bits per heavy atom. The summed E-state index contributed by atoms with van der Waals surface area (Å²) in [5, 5.41) is 3.84. The van der Waals surface area contributed by atoms with Crippen molar-refractivity contribution in [3.8, 4) is 0 Å². The summed E-state index contributed by atoms with van der Waals surface area (Å²) in [7, 11) is 0. The van der Waals surface area contributed by atoms with E-state index in [4.69, 9.17) is 26.5 Å². The molecule has 806 valence electrons. The fraction of sp³-hybridized carbons (Fsp3) is 0.630. The molecule has 0 N–H and O–H groups in total. The first-order chi connectivity index (χ1) is 65.6. The van der Waals surface area contributed by atoms with Crippen LogP contribution < -0.4 is 0 Å². The van der Waals surface area contributed by atoms with Crippen molar-refractivity contribution >= 4 is 56.7 Å². The first kappa shape index (κ1) is 131. The van der Waals surface area contributed by atoms with Gasteiger partial charge in [0.05, 0.1) is 18.1 Å². The number of aryl methyl sites for hydroxylation is 8. The normalized spacial score (nSPS) is 14.5. The van der Waals surface area contributed by atoms with Crippen LogP contribution in [-0.2, 0) is 0 Å². The molecule has 0 amide bonds. The lowest BCUT2D eigenvalue weighted by Crippen LogP contribution is -2.24. The summed E-state index contributed by atoms with van der Waals surface area (Å²) in [4.78, 5) is 9.28. The van der Waals surface area contributed by atoms with Gasteiger partial charge in [-0.25, -0.2) is 0 Å². The van der Waals surface area contributed by atoms with Gasteiger partial charge in [0.15, 0.2) is 0 Å². The number of hydrogen-bond acceptors (Lipinski definition) is 11. The summed E-state index contributed by atoms with van der Waals surface area (Å²) in [6.45, 7) is 83.0. The van der Waals surface area contributed by atoms with Crippen molar-refractivity contribution in [2.75, 3.05) is 0 Å². The van der Waals surface area contributed by atoms with Gasteiger partial charge >= 0.3 is 24.7 Å². The Morgan fingerprint density at radius 3 is 0.831 bits per heavy atom. The minimum atomic E-state index is -4.24. The van der Waals surface area contributed by atoms with Gasteiger partial charge in [-0.2, -0.15) is 52.7 Å². The maximum absolute atomic E-state index is 12.7. The summed E-state index contributed by atoms with van der Waals surface area (Å²) in [6.07, 6.45) is -9.00. The topological polar surface area (TPSA) is 78.8 Å². The van der Waals surface area contributed by atoms with Crippen LogP contribution >= 0.6 is 56.7 Å². The van der Waals surface area contributed by atoms with E-state index in [1.807, 2.05) is 80.8 Å². The van der Waals surface area contributed by atoms with Gasteiger partial charge in [-0.1, -0.05) is 234 Å². The van der Waals surface area contributed by atoms with Crippen LogP contribution in [0.2, 0.25) is 0 Å². The lowest BCUT2D eigenvalue weighted by Gasteiger charge is -2.32. The molecule has 1 aliphatic rings. The van der Waals surface area contributed by atoms with E-state index in [0.717, 1.165) is 99.0 Å². The van der Waals surface area contributed by atoms with Crippen molar-refractivity contribution in [1.82, 2.24) is 0 Å². The fourth-order valence-corrected chi connectivity index (χ4v) is 25.0. The molecule has 11 aromatic rings. The molecule has 0 saturated heterocycles. The first-order valence-electron chi connectivity index (χ1n) is 51.5. The highest BCUT2D eigenvalue weighted by Crippen LogP contribution is 2.50. The van der Waals surface area contributed by atoms with Crippen molar-refractivity contribution < 1.29 is 79.2 Å². The predicted molar refractivity (Wildman–Crippen MR) is 582 cm³/mol. The standard InChI is InChI=1S/C13H22O.C12H18O.C12H20O.C12H20S.C11H18O.C11H18S.C10H13F3O.C10H13F3S.C10H16S.C9H11F3O.C9H11F3S/c1-9(2)12(13(4,5)6)11-8-7-10(3)14-11;1-8(2)12(10-5-6-10)11-7-4-9(3)13-11;2*1-8(2)12(9(3)4)11-7-6-10(5)13-11;2*1-5-10(8(2)3)11-7-6-9(4)12-11;2*1-6(2)9(10(11,12)13)8-5-4-7(3)14-8;1-4-9(8(2)3)10-6-5-7-11-10;2*1-6(2)8(9(10,11)12)7-4-3-5-13-7/h7-9,12H,1-6H3;4,7-8,10,12H,5-6H2,1-3H3;2*6-9,12H,1-5H3;2*6-8,10H,5H2,1-4H3;2*4-6,9H,1-3H3;5-9H,4H2,1-3H3;2*3-6,8H,1-2H3/t2*12-;;;2*10-;;;9-;;/m01..00..0../s1. The van der Waals surface area contributed by atoms with Crippen molar-refractivity contribution in [1.29, 1.82) is 0 Å². The minimum Gasteiger partial charge on any atom is -0.469 e. The number of furan rings is 6. The van der Waals surface area contributed by atoms with Crippen molar-refractivity contribution in [3.05, 3.63) is 253 Å². The van der Waals surface area contributed by atoms with E-state index in [9.17, 15) is 52.7 Å². The SMILES string of the molecule is CC(C)C(c1ccco1)C(F)(F)F.CC(C)C(c1cccs1)C(F)(F)F.CC[C@H](c1ccc(C)o1)C(C)C.CC[C@H](c1ccc(C)s1)C(C)C.CC[C@H](c1cccs1)C(C)C.Cc1ccc(C(C(C)C)C(C)C)o1.Cc1ccc(C(C(C)C)C(C)C)s1.Cc1ccc(C(C(C)C)C(F)(F)F)o1.Cc1ccc(C(C(C)C)C(F)(F)F)s1.Cc1ccc([C@H](C(C)C)C(C)(C)C)o1.Cc1ccc([C@H](C(C)C)C2CC2)o1. The van der Waals surface area contributed by atoms with Crippen LogP contribution in [0.5, 0.6) is 0 Å². The Bertz CT molecular complexity index is 4610. The van der Waals surface area contributed by atoms with E-state index < -0.39 is 72.0 Å². The largest absolute Gasteiger partial charge is 0.469 e. The van der Waals surface area contributed by atoms with E-state index in [2.05, 4.69) is 258 Å². The van der Waals surface area contributed by atoms with Crippen molar-refractivity contribution in [3.63, 3.8) is 0 Å². The summed E-state index contributed by atoms with van der Waals surface area (Å²) in [5.41, 5.74) is 0.262. The summed E-state index contributed by atoms with van der Waals surface area (Å²) in [5.74, 6) is 13.5. The lowest BCUT2D eigenvalue weighted by molar-refractivity contribution is -0.164. The molecule has 1 aliphatic carbocycles. The van der Waals surface area contributed by atoms with Gasteiger partial charge in [-0.15, -0.1) is 56.7 Å². The quantitative estimate of drug-likeness (QED) is 0.0455. The molecular weight excluding hydrogens is 1910 g/mol. The minimum absolute atomic E-state index is 0.00463. The average Bonchev–Trinajstić information content (AvgIpc) is 1.66. The van der Waals surface area contributed by atoms with E-state index in [1.165, 1.54) is 116 Å². The molecule has 4 unspecified atom stereocenters. The zero-order valence-corrected chi connectivity index (χ0v) is 97.5. The highest BCUT2D eigenvalue weighted by atomic mass is 32.1. The second kappa shape index (κ2) is 62.0. The average molecular weight is 2100 g/mol. The van der Waals surface area contributed by atoms with Gasteiger partial charge in [0, 0.05) is 62.7 Å². The Morgan fingerprint density at radius 1 is 0.268 bits per heavy atom. The van der Waals surface area contributed by atoms with E-state index in [1.54, 1.807) is 85.0 Å². The van der Waals surface area contributed by atoms with Gasteiger partial charge < -0.3 is 26.5 Å². The fourth-order valence-electron chi connectivity index (χ4n) is 19.1. The van der Waals surface area contributed by atoms with Crippen LogP contribution in [-0.4, -0.2) is 24.7 Å². The van der Waals surface area contributed by atoms with Gasteiger partial charge in [0.1, 0.15) is 75.2 Å². The molecule has 0 aliphatic heterocycles. The number of halogens is 12. The van der Waals surface area contributed by atoms with E-state index >= 15 is 0 Å². The predicted octanol–water partition coefficient (Wildman–Crippen LogP) is 44.3. The Hall–Kier alpha value is -6.66. The molecule has 1 fully saturated rings. The number of alkyl halides is 12. The summed E-state index contributed by atoms with van der Waals surface area (Å²) in [6, 6.07) is 42.4. The van der Waals surface area contributed by atoms with Crippen LogP contribution in [0.3, 0.4) is 0 Å². The van der Waals surface area contributed by atoms with Crippen LogP contribution in [0, 0.1) is 144 Å². The van der Waals surface area contributed by atoms with Gasteiger partial charge in [0.25, 0.3) is 0 Å². The van der Waals surface area contributed by atoms with Gasteiger partial charge in [-0.05, 0) is 326 Å². The monoisotopic (exact) mass is 2090 g/mol. The van der Waals surface area contributed by atoms with Gasteiger partial charge in [0.2, 0.25) is 0 Å². The lowest BCUT2D eigenvalue weighted by atomic mass is 9.73. The molecule has 0 aromatic carbocycles. The third kappa shape index (κ3) is 46.0. The third-order valence-electron chi connectivity index (χ3n) is 25.5. The van der Waals surface area contributed by atoms with E-state index in [-0.39, 0.29) is 16.9 Å². The second-order valence-corrected chi connectivity index (χ2v) is 49.6. The second-order valence-electron chi connectivity index (χ2n) is 43.7. The molecule has 0 radical (unpaired) electrons. The number of hydrogen-bond donors (Lipinski definition) is 0. The zero-order valence-electron chi connectivity index (χ0n) is 93.4. The molecule has 142 heavy (non-hydrogen) atoms. The summed E-state index contributed by atoms with van der Waals surface area (Å²) < 4.78 is 183. The molecule has 12 rings (SSSR count). The third-order valence-corrected chi connectivity index (χ3v) is 30.7. The van der Waals surface area contributed by atoms with Gasteiger partial charge in [-0.3, -0.25) is 0 Å².